The van der Waals surface area contributed by atoms with Gasteiger partial charge in [-0.3, -0.25) is 9.59 Å². The Labute approximate surface area is 134 Å². The Bertz CT molecular complexity index is 827. The number of rotatable bonds is 2. The highest BCUT2D eigenvalue weighted by Crippen LogP contribution is 2.32. The number of benzene rings is 2. The van der Waals surface area contributed by atoms with Crippen molar-refractivity contribution >= 4 is 23.1 Å². The van der Waals surface area contributed by atoms with E-state index in [9.17, 15) is 14.7 Å². The molecule has 0 unspecified atom stereocenters. The lowest BCUT2D eigenvalue weighted by atomic mass is 10.0. The predicted molar refractivity (Wildman–Crippen MR) is 89.1 cm³/mol. The zero-order valence-corrected chi connectivity index (χ0v) is 13.3. The molecule has 1 heterocycles. The van der Waals surface area contributed by atoms with Crippen LogP contribution in [0.15, 0.2) is 48.2 Å². The van der Waals surface area contributed by atoms with Crippen molar-refractivity contribution in [2.75, 3.05) is 4.90 Å². The highest BCUT2D eigenvalue weighted by molar-refractivity contribution is 6.44. The van der Waals surface area contributed by atoms with E-state index in [1.165, 1.54) is 0 Å². The minimum absolute atomic E-state index is 0.0501. The summed E-state index contributed by atoms with van der Waals surface area (Å²) in [7, 11) is 0. The van der Waals surface area contributed by atoms with Crippen LogP contribution in [-0.2, 0) is 9.59 Å². The maximum absolute atomic E-state index is 12.7. The standard InChI is InChI=1S/C19H17NO3/c1-11-4-6-14(7-5-11)16-17(21)19(23)20(18(16)22)15-9-12(2)8-13(3)10-15/h4-10,21H,1-3H3. The molecule has 116 valence electrons. The molecule has 0 bridgehead atoms. The van der Waals surface area contributed by atoms with E-state index in [1.54, 1.807) is 24.3 Å². The predicted octanol–water partition coefficient (Wildman–Crippen LogP) is 3.45. The first-order valence-electron chi connectivity index (χ1n) is 7.36. The van der Waals surface area contributed by atoms with Crippen LogP contribution in [0.25, 0.3) is 5.57 Å². The van der Waals surface area contributed by atoms with E-state index < -0.39 is 17.6 Å². The number of hydrogen-bond donors (Lipinski definition) is 1. The first kappa shape index (κ1) is 15.0. The fraction of sp³-hybridized carbons (Fsp3) is 0.158. The zero-order chi connectivity index (χ0) is 16.7. The molecule has 0 fully saturated rings. The van der Waals surface area contributed by atoms with Gasteiger partial charge in [0.25, 0.3) is 5.91 Å². The summed E-state index contributed by atoms with van der Waals surface area (Å²) in [6, 6.07) is 12.6. The number of aryl methyl sites for hydroxylation is 3. The normalized spacial score (nSPS) is 14.8. The molecular weight excluding hydrogens is 290 g/mol. The zero-order valence-electron chi connectivity index (χ0n) is 13.3. The van der Waals surface area contributed by atoms with Gasteiger partial charge < -0.3 is 5.11 Å². The van der Waals surface area contributed by atoms with Gasteiger partial charge >= 0.3 is 5.91 Å². The van der Waals surface area contributed by atoms with Gasteiger partial charge in [-0.15, -0.1) is 0 Å². The van der Waals surface area contributed by atoms with Crippen molar-refractivity contribution in [2.45, 2.75) is 20.8 Å². The third-order valence-corrected chi connectivity index (χ3v) is 3.86. The van der Waals surface area contributed by atoms with Crippen molar-refractivity contribution in [1.29, 1.82) is 0 Å². The molecule has 1 N–H and O–H groups in total. The molecule has 0 saturated heterocycles. The second-order valence-electron chi connectivity index (χ2n) is 5.88. The Morgan fingerprint density at radius 2 is 1.35 bits per heavy atom. The number of carbonyl (C=O) groups excluding carboxylic acids is 2. The van der Waals surface area contributed by atoms with Gasteiger partial charge in [-0.1, -0.05) is 35.9 Å². The van der Waals surface area contributed by atoms with E-state index in [0.717, 1.165) is 21.6 Å². The van der Waals surface area contributed by atoms with Crippen LogP contribution in [0.5, 0.6) is 0 Å². The fourth-order valence-electron chi connectivity index (χ4n) is 2.81. The summed E-state index contributed by atoms with van der Waals surface area (Å²) in [5.74, 6) is -1.69. The topological polar surface area (TPSA) is 57.6 Å². The molecule has 0 atom stereocenters. The number of imide groups is 1. The number of aliphatic hydroxyl groups excluding tert-OH is 1. The second-order valence-corrected chi connectivity index (χ2v) is 5.88. The van der Waals surface area contributed by atoms with Gasteiger partial charge in [0, 0.05) is 0 Å². The van der Waals surface area contributed by atoms with E-state index in [0.29, 0.717) is 11.3 Å². The summed E-state index contributed by atoms with van der Waals surface area (Å²) < 4.78 is 0. The van der Waals surface area contributed by atoms with Crippen molar-refractivity contribution < 1.29 is 14.7 Å². The molecule has 2 aromatic rings. The highest BCUT2D eigenvalue weighted by atomic mass is 16.3. The number of nitrogens with zero attached hydrogens (tertiary/aromatic N) is 1. The van der Waals surface area contributed by atoms with Gasteiger partial charge in [-0.2, -0.15) is 0 Å². The van der Waals surface area contributed by atoms with Crippen molar-refractivity contribution in [2.24, 2.45) is 0 Å². The quantitative estimate of drug-likeness (QED) is 0.865. The number of amides is 2. The molecule has 4 nitrogen and oxygen atoms in total. The summed E-state index contributed by atoms with van der Waals surface area (Å²) in [5.41, 5.74) is 4.00. The van der Waals surface area contributed by atoms with Crippen LogP contribution in [-0.4, -0.2) is 16.9 Å². The molecule has 23 heavy (non-hydrogen) atoms. The van der Waals surface area contributed by atoms with Crippen molar-refractivity contribution in [3.8, 4) is 0 Å². The van der Waals surface area contributed by atoms with Crippen LogP contribution in [0.3, 0.4) is 0 Å². The van der Waals surface area contributed by atoms with Crippen LogP contribution in [0.2, 0.25) is 0 Å². The van der Waals surface area contributed by atoms with Crippen molar-refractivity contribution in [1.82, 2.24) is 0 Å². The molecule has 1 aliphatic rings. The van der Waals surface area contributed by atoms with Gasteiger partial charge in [-0.25, -0.2) is 4.90 Å². The molecular formula is C19H17NO3. The molecule has 4 heteroatoms. The Morgan fingerprint density at radius 3 is 1.91 bits per heavy atom. The van der Waals surface area contributed by atoms with Gasteiger partial charge in [-0.05, 0) is 49.6 Å². The average molecular weight is 307 g/mol. The SMILES string of the molecule is Cc1ccc(C2=C(O)C(=O)N(c3cc(C)cc(C)c3)C2=O)cc1. The first-order chi connectivity index (χ1) is 10.9. The number of hydrogen-bond acceptors (Lipinski definition) is 3. The summed E-state index contributed by atoms with van der Waals surface area (Å²) in [4.78, 5) is 26.1. The Kier molecular flexibility index (Phi) is 3.52. The van der Waals surface area contributed by atoms with E-state index >= 15 is 0 Å². The summed E-state index contributed by atoms with van der Waals surface area (Å²) in [6.07, 6.45) is 0. The van der Waals surface area contributed by atoms with Gasteiger partial charge in [0.15, 0.2) is 5.76 Å². The minimum Gasteiger partial charge on any atom is -0.502 e. The molecule has 0 saturated carbocycles. The molecule has 0 aliphatic carbocycles. The third-order valence-electron chi connectivity index (χ3n) is 3.86. The van der Waals surface area contributed by atoms with E-state index in [4.69, 9.17) is 0 Å². The first-order valence-corrected chi connectivity index (χ1v) is 7.36. The van der Waals surface area contributed by atoms with Crippen LogP contribution < -0.4 is 4.90 Å². The lowest BCUT2D eigenvalue weighted by Crippen LogP contribution is -2.31. The van der Waals surface area contributed by atoms with Crippen LogP contribution in [0.1, 0.15) is 22.3 Å². The second kappa shape index (κ2) is 5.39. The number of anilines is 1. The molecule has 0 spiro atoms. The summed E-state index contributed by atoms with van der Waals surface area (Å²) >= 11 is 0. The van der Waals surface area contributed by atoms with E-state index in [1.807, 2.05) is 39.0 Å². The van der Waals surface area contributed by atoms with Gasteiger partial charge in [0.05, 0.1) is 11.3 Å². The Morgan fingerprint density at radius 1 is 0.783 bits per heavy atom. The minimum atomic E-state index is -0.685. The molecule has 3 rings (SSSR count). The highest BCUT2D eigenvalue weighted by Gasteiger charge is 2.40. The van der Waals surface area contributed by atoms with Crippen molar-refractivity contribution in [3.63, 3.8) is 0 Å². The van der Waals surface area contributed by atoms with Gasteiger partial charge in [0.2, 0.25) is 0 Å². The van der Waals surface area contributed by atoms with Crippen molar-refractivity contribution in [3.05, 3.63) is 70.5 Å². The molecule has 0 aromatic heterocycles. The van der Waals surface area contributed by atoms with Crippen LogP contribution in [0, 0.1) is 20.8 Å². The largest absolute Gasteiger partial charge is 0.502 e. The Hall–Kier alpha value is -2.88. The Balaban J connectivity index is 2.07. The van der Waals surface area contributed by atoms with E-state index in [-0.39, 0.29) is 5.57 Å². The van der Waals surface area contributed by atoms with E-state index in [2.05, 4.69) is 0 Å². The third kappa shape index (κ3) is 2.52. The monoisotopic (exact) mass is 307 g/mol. The van der Waals surface area contributed by atoms with Crippen LogP contribution >= 0.6 is 0 Å². The number of aliphatic hydroxyl groups is 1. The number of carbonyl (C=O) groups is 2. The average Bonchev–Trinajstić information content (AvgIpc) is 2.69. The summed E-state index contributed by atoms with van der Waals surface area (Å²) in [6.45, 7) is 5.73. The van der Waals surface area contributed by atoms with Crippen LogP contribution in [0.4, 0.5) is 5.69 Å². The van der Waals surface area contributed by atoms with Gasteiger partial charge in [0.1, 0.15) is 0 Å². The molecule has 0 radical (unpaired) electrons. The fourth-order valence-corrected chi connectivity index (χ4v) is 2.81. The lowest BCUT2D eigenvalue weighted by Gasteiger charge is -2.16. The molecule has 2 aromatic carbocycles. The lowest BCUT2D eigenvalue weighted by molar-refractivity contribution is -0.121. The molecule has 2 amide bonds. The maximum Gasteiger partial charge on any atom is 0.301 e. The molecule has 1 aliphatic heterocycles. The smallest absolute Gasteiger partial charge is 0.301 e. The maximum atomic E-state index is 12.7. The summed E-state index contributed by atoms with van der Waals surface area (Å²) in [5, 5.41) is 10.2.